The van der Waals surface area contributed by atoms with Gasteiger partial charge in [-0.25, -0.2) is 4.79 Å². The number of carboxylic acid groups (broad SMARTS) is 1. The van der Waals surface area contributed by atoms with E-state index < -0.39 is 12.0 Å². The molecule has 0 aliphatic carbocycles. The van der Waals surface area contributed by atoms with Crippen LogP contribution in [0.5, 0.6) is 0 Å². The van der Waals surface area contributed by atoms with Gasteiger partial charge in [-0.05, 0) is 24.8 Å². The molecule has 1 heterocycles. The van der Waals surface area contributed by atoms with Crippen LogP contribution in [0.4, 0.5) is 0 Å². The number of carboxylic acids is 1. The van der Waals surface area contributed by atoms with E-state index in [0.717, 1.165) is 19.3 Å². The molecule has 1 aliphatic heterocycles. The molecule has 1 aromatic carbocycles. The molecule has 1 saturated heterocycles. The van der Waals surface area contributed by atoms with Crippen molar-refractivity contribution in [3.8, 4) is 0 Å². The summed E-state index contributed by atoms with van der Waals surface area (Å²) in [5.41, 5.74) is 0.602. The van der Waals surface area contributed by atoms with Crippen LogP contribution in [0, 0.1) is 0 Å². The van der Waals surface area contributed by atoms with Crippen LogP contribution in [0.15, 0.2) is 30.3 Å². The molecule has 2 atom stereocenters. The van der Waals surface area contributed by atoms with Gasteiger partial charge in [0, 0.05) is 13.7 Å². The van der Waals surface area contributed by atoms with Gasteiger partial charge >= 0.3 is 5.97 Å². The third kappa shape index (κ3) is 4.04. The number of hydrogen-bond donors (Lipinski definition) is 1. The molecular formula is C16H21NO4. The minimum atomic E-state index is -1.03. The van der Waals surface area contributed by atoms with E-state index in [4.69, 9.17) is 4.74 Å². The maximum Gasteiger partial charge on any atom is 0.331 e. The van der Waals surface area contributed by atoms with E-state index in [0.29, 0.717) is 12.2 Å². The SMILES string of the molecule is CN(C(=O)CC1CCCCO1)C(C(=O)O)c1ccccc1. The predicted octanol–water partition coefficient (Wildman–Crippen LogP) is 2.23. The highest BCUT2D eigenvalue weighted by atomic mass is 16.5. The van der Waals surface area contributed by atoms with Crippen LogP contribution in [0.3, 0.4) is 0 Å². The molecule has 21 heavy (non-hydrogen) atoms. The number of nitrogens with zero attached hydrogens (tertiary/aromatic N) is 1. The molecule has 2 unspecified atom stereocenters. The minimum Gasteiger partial charge on any atom is -0.479 e. The number of likely N-dealkylation sites (N-methyl/N-ethyl adjacent to an activating group) is 1. The van der Waals surface area contributed by atoms with Crippen molar-refractivity contribution >= 4 is 11.9 Å². The fraction of sp³-hybridized carbons (Fsp3) is 0.500. The summed E-state index contributed by atoms with van der Waals surface area (Å²) in [6.07, 6.45) is 3.11. The first-order valence-electron chi connectivity index (χ1n) is 7.24. The van der Waals surface area contributed by atoms with Gasteiger partial charge in [-0.15, -0.1) is 0 Å². The summed E-state index contributed by atoms with van der Waals surface area (Å²) in [4.78, 5) is 25.1. The van der Waals surface area contributed by atoms with Crippen molar-refractivity contribution in [1.29, 1.82) is 0 Å². The molecule has 1 fully saturated rings. The highest BCUT2D eigenvalue weighted by molar-refractivity contribution is 5.84. The van der Waals surface area contributed by atoms with E-state index >= 15 is 0 Å². The first-order valence-corrected chi connectivity index (χ1v) is 7.24. The summed E-state index contributed by atoms with van der Waals surface area (Å²) in [5.74, 6) is -1.22. The summed E-state index contributed by atoms with van der Waals surface area (Å²) < 4.78 is 5.55. The zero-order valence-electron chi connectivity index (χ0n) is 12.2. The van der Waals surface area contributed by atoms with E-state index in [1.165, 1.54) is 11.9 Å². The van der Waals surface area contributed by atoms with Crippen LogP contribution < -0.4 is 0 Å². The molecule has 5 nitrogen and oxygen atoms in total. The molecule has 1 aromatic rings. The van der Waals surface area contributed by atoms with Crippen molar-refractivity contribution in [2.75, 3.05) is 13.7 Å². The zero-order valence-corrected chi connectivity index (χ0v) is 12.2. The number of hydrogen-bond acceptors (Lipinski definition) is 3. The standard InChI is InChI=1S/C16H21NO4/c1-17(14(18)11-13-9-5-6-10-21-13)15(16(19)20)12-7-3-2-4-8-12/h2-4,7-8,13,15H,5-6,9-11H2,1H3,(H,19,20). The third-order valence-electron chi connectivity index (χ3n) is 3.81. The summed E-state index contributed by atoms with van der Waals surface area (Å²) >= 11 is 0. The molecule has 0 spiro atoms. The molecular weight excluding hydrogens is 270 g/mol. The summed E-state index contributed by atoms with van der Waals surface area (Å²) in [7, 11) is 1.54. The van der Waals surface area contributed by atoms with Gasteiger partial charge in [0.25, 0.3) is 0 Å². The highest BCUT2D eigenvalue weighted by Gasteiger charge is 2.29. The lowest BCUT2D eigenvalue weighted by Crippen LogP contribution is -2.38. The molecule has 0 saturated carbocycles. The monoisotopic (exact) mass is 291 g/mol. The average Bonchev–Trinajstić information content (AvgIpc) is 2.49. The van der Waals surface area contributed by atoms with E-state index in [9.17, 15) is 14.7 Å². The molecule has 0 bridgehead atoms. The lowest BCUT2D eigenvalue weighted by Gasteiger charge is -2.28. The largest absolute Gasteiger partial charge is 0.479 e. The van der Waals surface area contributed by atoms with Crippen molar-refractivity contribution in [3.63, 3.8) is 0 Å². The van der Waals surface area contributed by atoms with Crippen molar-refractivity contribution < 1.29 is 19.4 Å². The molecule has 114 valence electrons. The lowest BCUT2D eigenvalue weighted by atomic mass is 10.0. The topological polar surface area (TPSA) is 66.8 Å². The van der Waals surface area contributed by atoms with Crippen molar-refractivity contribution in [2.24, 2.45) is 0 Å². The van der Waals surface area contributed by atoms with Crippen LogP contribution >= 0.6 is 0 Å². The Morgan fingerprint density at radius 2 is 2.05 bits per heavy atom. The zero-order chi connectivity index (χ0) is 15.2. The number of aliphatic carboxylic acids is 1. The smallest absolute Gasteiger partial charge is 0.331 e. The van der Waals surface area contributed by atoms with Gasteiger partial charge in [0.05, 0.1) is 12.5 Å². The Morgan fingerprint density at radius 1 is 1.33 bits per heavy atom. The summed E-state index contributed by atoms with van der Waals surface area (Å²) in [6.45, 7) is 0.683. The second kappa shape index (κ2) is 7.22. The molecule has 0 radical (unpaired) electrons. The minimum absolute atomic E-state index is 0.0843. The lowest BCUT2D eigenvalue weighted by molar-refractivity contribution is -0.150. The number of benzene rings is 1. The average molecular weight is 291 g/mol. The van der Waals surface area contributed by atoms with Gasteiger partial charge in [0.1, 0.15) is 0 Å². The molecule has 5 heteroatoms. The van der Waals surface area contributed by atoms with Gasteiger partial charge in [0.15, 0.2) is 6.04 Å². The van der Waals surface area contributed by atoms with Crippen LogP contribution in [-0.4, -0.2) is 41.6 Å². The second-order valence-electron chi connectivity index (χ2n) is 5.35. The maximum absolute atomic E-state index is 12.3. The number of ether oxygens (including phenoxy) is 1. The number of rotatable bonds is 5. The number of amides is 1. The van der Waals surface area contributed by atoms with Crippen LogP contribution in [0.2, 0.25) is 0 Å². The second-order valence-corrected chi connectivity index (χ2v) is 5.35. The Balaban J connectivity index is 2.05. The molecule has 0 aromatic heterocycles. The molecule has 1 amide bonds. The van der Waals surface area contributed by atoms with Crippen molar-refractivity contribution in [3.05, 3.63) is 35.9 Å². The quantitative estimate of drug-likeness (QED) is 0.903. The first-order chi connectivity index (χ1) is 10.1. The van der Waals surface area contributed by atoms with Gasteiger partial charge in [-0.2, -0.15) is 0 Å². The number of carbonyl (C=O) groups excluding carboxylic acids is 1. The summed E-state index contributed by atoms with van der Waals surface area (Å²) in [5, 5.41) is 9.43. The van der Waals surface area contributed by atoms with E-state index in [2.05, 4.69) is 0 Å². The highest BCUT2D eigenvalue weighted by Crippen LogP contribution is 2.22. The molecule has 1 aliphatic rings. The van der Waals surface area contributed by atoms with E-state index in [1.54, 1.807) is 24.3 Å². The number of carbonyl (C=O) groups is 2. The fourth-order valence-electron chi connectivity index (χ4n) is 2.62. The maximum atomic E-state index is 12.3. The normalized spacial score (nSPS) is 19.8. The Labute approximate surface area is 124 Å². The van der Waals surface area contributed by atoms with Crippen LogP contribution in [0.1, 0.15) is 37.3 Å². The fourth-order valence-corrected chi connectivity index (χ4v) is 2.62. The molecule has 2 rings (SSSR count). The third-order valence-corrected chi connectivity index (χ3v) is 3.81. The van der Waals surface area contributed by atoms with E-state index in [-0.39, 0.29) is 18.4 Å². The van der Waals surface area contributed by atoms with Crippen molar-refractivity contribution in [1.82, 2.24) is 4.90 Å². The molecule has 1 N–H and O–H groups in total. The van der Waals surface area contributed by atoms with Crippen LogP contribution in [-0.2, 0) is 14.3 Å². The van der Waals surface area contributed by atoms with Gasteiger partial charge in [-0.1, -0.05) is 30.3 Å². The van der Waals surface area contributed by atoms with Gasteiger partial charge < -0.3 is 14.7 Å². The predicted molar refractivity (Wildman–Crippen MR) is 77.8 cm³/mol. The Bertz CT molecular complexity index is 482. The Morgan fingerprint density at radius 3 is 2.62 bits per heavy atom. The van der Waals surface area contributed by atoms with Gasteiger partial charge in [-0.3, -0.25) is 4.79 Å². The first kappa shape index (κ1) is 15.5. The van der Waals surface area contributed by atoms with Gasteiger partial charge in [0.2, 0.25) is 5.91 Å². The van der Waals surface area contributed by atoms with Crippen LogP contribution in [0.25, 0.3) is 0 Å². The Hall–Kier alpha value is -1.88. The Kier molecular flexibility index (Phi) is 5.33. The van der Waals surface area contributed by atoms with Crippen molar-refractivity contribution in [2.45, 2.75) is 37.8 Å². The van der Waals surface area contributed by atoms with E-state index in [1.807, 2.05) is 6.07 Å². The summed E-state index contributed by atoms with van der Waals surface area (Å²) in [6, 6.07) is 7.85.